The van der Waals surface area contributed by atoms with E-state index in [0.29, 0.717) is 35.1 Å². The zero-order valence-electron chi connectivity index (χ0n) is 14.6. The second kappa shape index (κ2) is 8.77. The number of alkyl halides is 1. The number of aliphatic carboxylic acids is 1. The molecule has 6 heteroatoms. The first-order valence-electron chi connectivity index (χ1n) is 8.66. The molecule has 1 unspecified atom stereocenters. The Kier molecular flexibility index (Phi) is 6.40. The van der Waals surface area contributed by atoms with Crippen LogP contribution in [0.15, 0.2) is 48.0 Å². The minimum atomic E-state index is -0.906. The maximum Gasteiger partial charge on any atom is 0.303 e. The lowest BCUT2D eigenvalue weighted by Gasteiger charge is -2.11. The van der Waals surface area contributed by atoms with Gasteiger partial charge in [0.2, 0.25) is 0 Å². The van der Waals surface area contributed by atoms with Gasteiger partial charge in [0.1, 0.15) is 18.5 Å². The van der Waals surface area contributed by atoms with Gasteiger partial charge in [0.15, 0.2) is 0 Å². The highest BCUT2D eigenvalue weighted by atomic mass is 35.5. The van der Waals surface area contributed by atoms with E-state index in [2.05, 4.69) is 0 Å². The predicted octanol–water partition coefficient (Wildman–Crippen LogP) is 5.98. The maximum absolute atomic E-state index is 14.0. The molecule has 0 aliphatic heterocycles. The lowest BCUT2D eigenvalue weighted by atomic mass is 10.0. The van der Waals surface area contributed by atoms with Crippen LogP contribution in [-0.2, 0) is 11.2 Å². The Balaban J connectivity index is 1.70. The number of halogens is 3. The molecule has 0 amide bonds. The molecule has 0 radical (unpaired) electrons. The highest BCUT2D eigenvalue weighted by molar-refractivity contribution is 6.31. The van der Waals surface area contributed by atoms with Crippen molar-refractivity contribution in [1.29, 1.82) is 0 Å². The number of carboxylic acids is 1. The normalized spacial score (nSPS) is 16.6. The van der Waals surface area contributed by atoms with Crippen molar-refractivity contribution in [2.24, 2.45) is 0 Å². The Morgan fingerprint density at radius 2 is 1.89 bits per heavy atom. The fourth-order valence-corrected chi connectivity index (χ4v) is 3.57. The number of rotatable bonds is 7. The van der Waals surface area contributed by atoms with Crippen LogP contribution in [0.5, 0.6) is 5.75 Å². The molecule has 142 valence electrons. The highest BCUT2D eigenvalue weighted by Crippen LogP contribution is 2.36. The molecule has 1 aliphatic carbocycles. The van der Waals surface area contributed by atoms with E-state index < -0.39 is 12.1 Å². The summed E-state index contributed by atoms with van der Waals surface area (Å²) in [5.41, 5.74) is 3.61. The summed E-state index contributed by atoms with van der Waals surface area (Å²) < 4.78 is 19.8. The number of aryl methyl sites for hydroxylation is 1. The lowest BCUT2D eigenvalue weighted by Crippen LogP contribution is -2.03. The summed E-state index contributed by atoms with van der Waals surface area (Å²) in [5.74, 6) is -0.292. The van der Waals surface area contributed by atoms with E-state index >= 15 is 0 Å². The third kappa shape index (κ3) is 5.24. The summed E-state index contributed by atoms with van der Waals surface area (Å²) in [7, 11) is 0. The van der Waals surface area contributed by atoms with Gasteiger partial charge in [-0.2, -0.15) is 0 Å². The van der Waals surface area contributed by atoms with E-state index in [-0.39, 0.29) is 13.0 Å². The van der Waals surface area contributed by atoms with Gasteiger partial charge in [-0.15, -0.1) is 0 Å². The minimum Gasteiger partial charge on any atom is -0.489 e. The molecule has 0 aromatic heterocycles. The summed E-state index contributed by atoms with van der Waals surface area (Å²) in [4.78, 5) is 10.7. The molecule has 27 heavy (non-hydrogen) atoms. The van der Waals surface area contributed by atoms with Gasteiger partial charge in [0.05, 0.1) is 0 Å². The van der Waals surface area contributed by atoms with Gasteiger partial charge in [-0.3, -0.25) is 4.79 Å². The Hall–Kier alpha value is -2.04. The number of hydrogen-bond donors (Lipinski definition) is 1. The van der Waals surface area contributed by atoms with Gasteiger partial charge >= 0.3 is 5.97 Å². The lowest BCUT2D eigenvalue weighted by molar-refractivity contribution is -0.136. The number of ether oxygens (including phenoxy) is 1. The number of benzene rings is 2. The van der Waals surface area contributed by atoms with Crippen LogP contribution in [0.3, 0.4) is 0 Å². The van der Waals surface area contributed by atoms with Crippen molar-refractivity contribution in [3.8, 4) is 5.75 Å². The molecule has 3 nitrogen and oxygen atoms in total. The van der Waals surface area contributed by atoms with Crippen molar-refractivity contribution in [3.05, 3.63) is 69.2 Å². The molecule has 1 atom stereocenters. The van der Waals surface area contributed by atoms with Crippen LogP contribution in [0.25, 0.3) is 5.57 Å². The van der Waals surface area contributed by atoms with Gasteiger partial charge in [-0.25, -0.2) is 4.39 Å². The van der Waals surface area contributed by atoms with Gasteiger partial charge in [-0.05, 0) is 53.0 Å². The van der Waals surface area contributed by atoms with E-state index in [9.17, 15) is 9.18 Å². The number of carboxylic acid groups (broad SMARTS) is 1. The molecule has 0 bridgehead atoms. The van der Waals surface area contributed by atoms with Crippen molar-refractivity contribution in [2.45, 2.75) is 31.9 Å². The van der Waals surface area contributed by atoms with E-state index in [0.717, 1.165) is 22.3 Å². The molecule has 0 heterocycles. The van der Waals surface area contributed by atoms with Crippen LogP contribution in [-0.4, -0.2) is 23.9 Å². The first kappa shape index (κ1) is 19.7. The smallest absolute Gasteiger partial charge is 0.303 e. The topological polar surface area (TPSA) is 46.5 Å². The Bertz CT molecular complexity index is 862. The molecule has 3 rings (SSSR count). The molecule has 0 fully saturated rings. The zero-order chi connectivity index (χ0) is 19.4. The van der Waals surface area contributed by atoms with Crippen molar-refractivity contribution < 1.29 is 19.0 Å². The maximum atomic E-state index is 14.0. The number of allylic oxidation sites excluding steroid dienone is 1. The fourth-order valence-electron chi connectivity index (χ4n) is 3.18. The van der Waals surface area contributed by atoms with Crippen molar-refractivity contribution in [2.75, 3.05) is 6.61 Å². The predicted molar refractivity (Wildman–Crippen MR) is 105 cm³/mol. The minimum absolute atomic E-state index is 0.0230. The van der Waals surface area contributed by atoms with Crippen molar-refractivity contribution in [3.63, 3.8) is 0 Å². The number of hydrogen-bond acceptors (Lipinski definition) is 2. The zero-order valence-corrected chi connectivity index (χ0v) is 16.1. The molecular formula is C21H19Cl2FO3. The summed E-state index contributed by atoms with van der Waals surface area (Å²) in [6, 6.07) is 12.6. The third-order valence-electron chi connectivity index (χ3n) is 4.56. The highest BCUT2D eigenvalue weighted by Gasteiger charge is 2.25. The van der Waals surface area contributed by atoms with Gasteiger partial charge in [0, 0.05) is 29.3 Å². The standard InChI is InChI=1S/C21H19Cl2FO3/c22-16-5-1-13(2-6-16)19-10-17(24)9-15(19)12-27-18-7-3-14(20(23)11-18)4-8-21(25)26/h1-3,5-7,11,17H,4,8-10,12H2,(H,25,26). The van der Waals surface area contributed by atoms with E-state index in [1.165, 1.54) is 0 Å². The van der Waals surface area contributed by atoms with Crippen molar-refractivity contribution in [1.82, 2.24) is 0 Å². The molecular weight excluding hydrogens is 390 g/mol. The Morgan fingerprint density at radius 3 is 2.56 bits per heavy atom. The Morgan fingerprint density at radius 1 is 1.15 bits per heavy atom. The summed E-state index contributed by atoms with van der Waals surface area (Å²) in [6.45, 7) is 0.281. The molecule has 0 saturated carbocycles. The first-order valence-corrected chi connectivity index (χ1v) is 9.42. The summed E-state index contributed by atoms with van der Waals surface area (Å²) in [5, 5.41) is 9.88. The van der Waals surface area contributed by atoms with Crippen LogP contribution >= 0.6 is 23.2 Å². The number of carbonyl (C=O) groups is 1. The van der Waals surface area contributed by atoms with Gasteiger partial charge < -0.3 is 9.84 Å². The van der Waals surface area contributed by atoms with Crippen LogP contribution < -0.4 is 4.74 Å². The molecule has 0 saturated heterocycles. The van der Waals surface area contributed by atoms with Crippen LogP contribution in [0.4, 0.5) is 4.39 Å². The second-order valence-electron chi connectivity index (χ2n) is 6.53. The molecule has 2 aromatic rings. The van der Waals surface area contributed by atoms with E-state index in [1.54, 1.807) is 30.3 Å². The van der Waals surface area contributed by atoms with Crippen LogP contribution in [0.2, 0.25) is 10.0 Å². The van der Waals surface area contributed by atoms with Gasteiger partial charge in [-0.1, -0.05) is 41.4 Å². The van der Waals surface area contributed by atoms with Crippen molar-refractivity contribution >= 4 is 34.7 Å². The summed E-state index contributed by atoms with van der Waals surface area (Å²) >= 11 is 12.1. The Labute approximate surface area is 167 Å². The average Bonchev–Trinajstić information content (AvgIpc) is 3.00. The molecule has 1 aliphatic rings. The molecule has 1 N–H and O–H groups in total. The molecule has 0 spiro atoms. The average molecular weight is 409 g/mol. The fraction of sp³-hybridized carbons (Fsp3) is 0.286. The van der Waals surface area contributed by atoms with Gasteiger partial charge in [0.25, 0.3) is 0 Å². The second-order valence-corrected chi connectivity index (χ2v) is 7.37. The first-order chi connectivity index (χ1) is 12.9. The summed E-state index contributed by atoms with van der Waals surface area (Å²) in [6.07, 6.45) is 0.201. The van der Waals surface area contributed by atoms with Crippen LogP contribution in [0.1, 0.15) is 30.4 Å². The molecule has 2 aromatic carbocycles. The quantitative estimate of drug-likeness (QED) is 0.613. The van der Waals surface area contributed by atoms with E-state index in [4.69, 9.17) is 33.0 Å². The monoisotopic (exact) mass is 408 g/mol. The van der Waals surface area contributed by atoms with E-state index in [1.807, 2.05) is 12.1 Å². The largest absolute Gasteiger partial charge is 0.489 e. The van der Waals surface area contributed by atoms with Crippen LogP contribution in [0, 0.1) is 0 Å². The SMILES string of the molecule is O=C(O)CCc1ccc(OCC2=C(c3ccc(Cl)cc3)CC(F)C2)cc1Cl. The third-order valence-corrected chi connectivity index (χ3v) is 5.16.